The van der Waals surface area contributed by atoms with E-state index in [9.17, 15) is 4.79 Å². The third-order valence-electron chi connectivity index (χ3n) is 2.98. The van der Waals surface area contributed by atoms with E-state index in [1.54, 1.807) is 36.4 Å². The van der Waals surface area contributed by atoms with Gasteiger partial charge in [0.15, 0.2) is 0 Å². The molecule has 3 rings (SSSR count). The van der Waals surface area contributed by atoms with Crippen LogP contribution in [0.3, 0.4) is 0 Å². The number of hydrogen-bond donors (Lipinski definition) is 2. The predicted octanol–water partition coefficient (Wildman–Crippen LogP) is 3.49. The second-order valence-electron chi connectivity index (χ2n) is 4.43. The molecule has 0 bridgehead atoms. The van der Waals surface area contributed by atoms with E-state index in [1.165, 1.54) is 6.07 Å². The first-order chi connectivity index (χ1) is 10.1. The van der Waals surface area contributed by atoms with Crippen LogP contribution in [0.15, 0.2) is 42.5 Å². The lowest BCUT2D eigenvalue weighted by Gasteiger charge is -2.03. The van der Waals surface area contributed by atoms with Crippen molar-refractivity contribution < 1.29 is 14.6 Å². The molecule has 3 aromatic rings. The SMILES string of the molecule is O=C(O)c1cccc2[nH]c(COc3ccc(Cl)cc3)nc12. The molecule has 106 valence electrons. The van der Waals surface area contributed by atoms with Crippen LogP contribution in [0.25, 0.3) is 11.0 Å². The monoisotopic (exact) mass is 302 g/mol. The molecule has 0 saturated carbocycles. The van der Waals surface area contributed by atoms with Crippen molar-refractivity contribution in [3.8, 4) is 5.75 Å². The van der Waals surface area contributed by atoms with E-state index in [4.69, 9.17) is 21.4 Å². The average molecular weight is 303 g/mol. The van der Waals surface area contributed by atoms with Gasteiger partial charge in [-0.3, -0.25) is 0 Å². The molecule has 0 aliphatic heterocycles. The summed E-state index contributed by atoms with van der Waals surface area (Å²) in [6.45, 7) is 0.218. The van der Waals surface area contributed by atoms with E-state index < -0.39 is 5.97 Å². The minimum Gasteiger partial charge on any atom is -0.486 e. The number of carboxylic acid groups (broad SMARTS) is 1. The summed E-state index contributed by atoms with van der Waals surface area (Å²) < 4.78 is 5.58. The van der Waals surface area contributed by atoms with Gasteiger partial charge in [0.25, 0.3) is 0 Å². The van der Waals surface area contributed by atoms with Crippen molar-refractivity contribution in [1.29, 1.82) is 0 Å². The van der Waals surface area contributed by atoms with Crippen molar-refractivity contribution >= 4 is 28.6 Å². The summed E-state index contributed by atoms with van der Waals surface area (Å²) in [6.07, 6.45) is 0. The zero-order chi connectivity index (χ0) is 14.8. The number of fused-ring (bicyclic) bond motifs is 1. The summed E-state index contributed by atoms with van der Waals surface area (Å²) in [4.78, 5) is 18.5. The Morgan fingerprint density at radius 2 is 2.00 bits per heavy atom. The molecule has 2 N–H and O–H groups in total. The molecule has 0 radical (unpaired) electrons. The maximum atomic E-state index is 11.1. The van der Waals surface area contributed by atoms with Crippen LogP contribution in [0.2, 0.25) is 5.02 Å². The zero-order valence-corrected chi connectivity index (χ0v) is 11.6. The number of rotatable bonds is 4. The van der Waals surface area contributed by atoms with Crippen LogP contribution in [0.1, 0.15) is 16.2 Å². The molecule has 0 atom stereocenters. The van der Waals surface area contributed by atoms with Gasteiger partial charge in [-0.2, -0.15) is 0 Å². The first-order valence-corrected chi connectivity index (χ1v) is 6.60. The number of benzene rings is 2. The van der Waals surface area contributed by atoms with Gasteiger partial charge in [0.2, 0.25) is 0 Å². The van der Waals surface area contributed by atoms with Gasteiger partial charge in [-0.25, -0.2) is 9.78 Å². The molecule has 0 aliphatic carbocycles. The minimum atomic E-state index is -1.00. The van der Waals surface area contributed by atoms with E-state index in [2.05, 4.69) is 9.97 Å². The standard InChI is InChI=1S/C15H11ClN2O3/c16-9-4-6-10(7-5-9)21-8-13-17-12-3-1-2-11(15(19)20)14(12)18-13/h1-7H,8H2,(H,17,18)(H,19,20). The van der Waals surface area contributed by atoms with Gasteiger partial charge in [0.1, 0.15) is 23.7 Å². The zero-order valence-electron chi connectivity index (χ0n) is 10.8. The Bertz CT molecular complexity index is 796. The minimum absolute atomic E-state index is 0.168. The van der Waals surface area contributed by atoms with Crippen molar-refractivity contribution in [2.24, 2.45) is 0 Å². The van der Waals surface area contributed by atoms with E-state index in [-0.39, 0.29) is 12.2 Å². The maximum absolute atomic E-state index is 11.1. The topological polar surface area (TPSA) is 75.2 Å². The van der Waals surface area contributed by atoms with Gasteiger partial charge in [-0.1, -0.05) is 17.7 Å². The van der Waals surface area contributed by atoms with Crippen LogP contribution in [-0.2, 0) is 6.61 Å². The van der Waals surface area contributed by atoms with E-state index in [1.807, 2.05) is 0 Å². The van der Waals surface area contributed by atoms with Gasteiger partial charge in [-0.05, 0) is 36.4 Å². The third kappa shape index (κ3) is 2.83. The highest BCUT2D eigenvalue weighted by Gasteiger charge is 2.12. The predicted molar refractivity (Wildman–Crippen MR) is 78.8 cm³/mol. The van der Waals surface area contributed by atoms with Crippen molar-refractivity contribution in [3.05, 3.63) is 58.9 Å². The van der Waals surface area contributed by atoms with Crippen molar-refractivity contribution in [2.75, 3.05) is 0 Å². The highest BCUT2D eigenvalue weighted by atomic mass is 35.5. The molecule has 0 spiro atoms. The molecule has 1 heterocycles. The number of H-pyrrole nitrogens is 1. The Balaban J connectivity index is 1.83. The summed E-state index contributed by atoms with van der Waals surface area (Å²) >= 11 is 5.80. The van der Waals surface area contributed by atoms with Crippen LogP contribution in [0.4, 0.5) is 0 Å². The van der Waals surface area contributed by atoms with Crippen molar-refractivity contribution in [2.45, 2.75) is 6.61 Å². The lowest BCUT2D eigenvalue weighted by Crippen LogP contribution is -1.98. The Hall–Kier alpha value is -2.53. The molecule has 0 unspecified atom stereocenters. The number of carbonyl (C=O) groups is 1. The number of halogens is 1. The van der Waals surface area contributed by atoms with Gasteiger partial charge in [0.05, 0.1) is 11.1 Å². The summed E-state index contributed by atoms with van der Waals surface area (Å²) in [5.74, 6) is 0.226. The highest BCUT2D eigenvalue weighted by molar-refractivity contribution is 6.30. The lowest BCUT2D eigenvalue weighted by atomic mass is 10.2. The number of nitrogens with one attached hydrogen (secondary N) is 1. The van der Waals surface area contributed by atoms with E-state index in [0.717, 1.165) is 0 Å². The second kappa shape index (κ2) is 5.46. The fourth-order valence-corrected chi connectivity index (χ4v) is 2.13. The van der Waals surface area contributed by atoms with E-state index in [0.29, 0.717) is 27.6 Å². The van der Waals surface area contributed by atoms with Crippen LogP contribution < -0.4 is 4.74 Å². The molecule has 0 aliphatic rings. The van der Waals surface area contributed by atoms with Crippen molar-refractivity contribution in [1.82, 2.24) is 9.97 Å². The number of imidazole rings is 1. The molecule has 21 heavy (non-hydrogen) atoms. The van der Waals surface area contributed by atoms with Crippen LogP contribution in [0.5, 0.6) is 5.75 Å². The first kappa shape index (κ1) is 13.5. The number of nitrogens with zero attached hydrogens (tertiary/aromatic N) is 1. The maximum Gasteiger partial charge on any atom is 0.337 e. The first-order valence-electron chi connectivity index (χ1n) is 6.23. The molecular weight excluding hydrogens is 292 g/mol. The third-order valence-corrected chi connectivity index (χ3v) is 3.23. The van der Waals surface area contributed by atoms with Crippen LogP contribution >= 0.6 is 11.6 Å². The summed E-state index contributed by atoms with van der Waals surface area (Å²) in [5.41, 5.74) is 1.27. The number of carboxylic acids is 1. The van der Waals surface area contributed by atoms with Gasteiger partial charge in [-0.15, -0.1) is 0 Å². The summed E-state index contributed by atoms with van der Waals surface area (Å²) in [6, 6.07) is 12.0. The van der Waals surface area contributed by atoms with E-state index >= 15 is 0 Å². The highest BCUT2D eigenvalue weighted by Crippen LogP contribution is 2.19. The molecule has 5 nitrogen and oxygen atoms in total. The van der Waals surface area contributed by atoms with Gasteiger partial charge >= 0.3 is 5.97 Å². The second-order valence-corrected chi connectivity index (χ2v) is 4.87. The Morgan fingerprint density at radius 1 is 1.24 bits per heavy atom. The molecule has 1 aromatic heterocycles. The fourth-order valence-electron chi connectivity index (χ4n) is 2.01. The van der Waals surface area contributed by atoms with Crippen molar-refractivity contribution in [3.63, 3.8) is 0 Å². The Morgan fingerprint density at radius 3 is 2.71 bits per heavy atom. The molecule has 0 saturated heterocycles. The Labute approximate surface area is 125 Å². The largest absolute Gasteiger partial charge is 0.486 e. The number of aromatic carboxylic acids is 1. The molecule has 2 aromatic carbocycles. The number of aromatic amines is 1. The number of ether oxygens (including phenoxy) is 1. The average Bonchev–Trinajstić information content (AvgIpc) is 2.89. The molecule has 0 fully saturated rings. The molecule has 0 amide bonds. The normalized spacial score (nSPS) is 10.7. The summed E-state index contributed by atoms with van der Waals surface area (Å²) in [7, 11) is 0. The molecular formula is C15H11ClN2O3. The lowest BCUT2D eigenvalue weighted by molar-refractivity contribution is 0.0699. The van der Waals surface area contributed by atoms with Gasteiger partial charge < -0.3 is 14.8 Å². The number of aromatic nitrogens is 2. The fraction of sp³-hybridized carbons (Fsp3) is 0.0667. The Kier molecular flexibility index (Phi) is 3.50. The van der Waals surface area contributed by atoms with Gasteiger partial charge in [0, 0.05) is 5.02 Å². The molecule has 6 heteroatoms. The van der Waals surface area contributed by atoms with Crippen LogP contribution in [0, 0.1) is 0 Å². The van der Waals surface area contributed by atoms with Crippen LogP contribution in [-0.4, -0.2) is 21.0 Å². The summed E-state index contributed by atoms with van der Waals surface area (Å²) in [5, 5.41) is 9.76. The number of hydrogen-bond acceptors (Lipinski definition) is 3. The quantitative estimate of drug-likeness (QED) is 0.773. The smallest absolute Gasteiger partial charge is 0.337 e. The number of para-hydroxylation sites is 1.